The molecule has 1 amide bonds. The van der Waals surface area contributed by atoms with E-state index < -0.39 is 12.1 Å². The van der Waals surface area contributed by atoms with Gasteiger partial charge in [-0.2, -0.15) is 0 Å². The van der Waals surface area contributed by atoms with Crippen LogP contribution in [0.25, 0.3) is 0 Å². The fraction of sp³-hybridized carbons (Fsp3) is 0.417. The minimum absolute atomic E-state index is 0.133. The Morgan fingerprint density at radius 3 is 2.09 bits per heavy atom. The number of amides is 1. The summed E-state index contributed by atoms with van der Waals surface area (Å²) in [6.07, 6.45) is -0.726. The number of nitrogens with zero attached hydrogens (tertiary/aromatic N) is 1. The van der Waals surface area contributed by atoms with Gasteiger partial charge in [0.1, 0.15) is 18.0 Å². The van der Waals surface area contributed by atoms with Gasteiger partial charge in [-0.1, -0.05) is 44.0 Å². The maximum atomic E-state index is 12.4. The molecule has 2 aromatic rings. The molecule has 0 bridgehead atoms. The maximum Gasteiger partial charge on any atom is 0.414 e. The summed E-state index contributed by atoms with van der Waals surface area (Å²) < 4.78 is 21.5. The first kappa shape index (κ1) is 26.6. The van der Waals surface area contributed by atoms with Crippen LogP contribution >= 0.6 is 23.2 Å². The van der Waals surface area contributed by atoms with Crippen molar-refractivity contribution >= 4 is 41.0 Å². The molecule has 0 aromatic heterocycles. The Bertz CT molecular complexity index is 980. The summed E-state index contributed by atoms with van der Waals surface area (Å²) >= 11 is 12.9. The van der Waals surface area contributed by atoms with E-state index in [-0.39, 0.29) is 46.7 Å². The highest BCUT2D eigenvalue weighted by Crippen LogP contribution is 2.42. The third-order valence-electron chi connectivity index (χ3n) is 4.57. The Kier molecular flexibility index (Phi) is 9.25. The molecule has 0 fully saturated rings. The van der Waals surface area contributed by atoms with E-state index in [2.05, 4.69) is 20.8 Å². The second-order valence-corrected chi connectivity index (χ2v) is 8.86. The molecule has 9 heteroatoms. The van der Waals surface area contributed by atoms with E-state index >= 15 is 0 Å². The summed E-state index contributed by atoms with van der Waals surface area (Å²) in [4.78, 5) is 25.6. The minimum Gasteiger partial charge on any atom is -0.496 e. The van der Waals surface area contributed by atoms with Gasteiger partial charge in [0, 0.05) is 5.56 Å². The highest BCUT2D eigenvalue weighted by Gasteiger charge is 2.24. The second kappa shape index (κ2) is 11.5. The Morgan fingerprint density at radius 1 is 0.970 bits per heavy atom. The summed E-state index contributed by atoms with van der Waals surface area (Å²) in [5.74, 6) is 0.885. The quantitative estimate of drug-likeness (QED) is 0.381. The van der Waals surface area contributed by atoms with Crippen molar-refractivity contribution in [3.8, 4) is 17.2 Å². The highest BCUT2D eigenvalue weighted by atomic mass is 35.5. The molecular formula is C24H29Cl2NO6. The van der Waals surface area contributed by atoms with Crippen molar-refractivity contribution in [2.24, 2.45) is 0 Å². The largest absolute Gasteiger partial charge is 0.496 e. The number of methoxy groups -OCH3 is 1. The van der Waals surface area contributed by atoms with Crippen molar-refractivity contribution in [1.82, 2.24) is 0 Å². The Balaban J connectivity index is 2.41. The lowest BCUT2D eigenvalue weighted by atomic mass is 9.86. The average Bonchev–Trinajstić information content (AvgIpc) is 2.74. The van der Waals surface area contributed by atoms with E-state index in [1.807, 2.05) is 12.1 Å². The Morgan fingerprint density at radius 2 is 1.58 bits per heavy atom. The number of rotatable bonds is 8. The average molecular weight is 498 g/mol. The number of hydrogen-bond donors (Lipinski definition) is 0. The lowest BCUT2D eigenvalue weighted by Gasteiger charge is -2.24. The van der Waals surface area contributed by atoms with Crippen LogP contribution in [0, 0.1) is 0 Å². The first-order valence-electron chi connectivity index (χ1n) is 10.5. The van der Waals surface area contributed by atoms with Crippen LogP contribution in [-0.4, -0.2) is 38.9 Å². The molecule has 180 valence electrons. The molecule has 0 radical (unpaired) electrons. The third-order valence-corrected chi connectivity index (χ3v) is 5.14. The van der Waals surface area contributed by atoms with E-state index in [4.69, 9.17) is 42.1 Å². The van der Waals surface area contributed by atoms with Crippen LogP contribution in [0.2, 0.25) is 10.0 Å². The number of benzene rings is 2. The maximum absolute atomic E-state index is 12.4. The van der Waals surface area contributed by atoms with Gasteiger partial charge in [-0.15, -0.1) is 0 Å². The standard InChI is InChI=1S/C24H29Cl2NO6/c1-7-31-21(28)14-27(23(29)32-8-2)15-11-18(25)22(19(26)12-15)33-16-9-10-20(30-6)17(13-16)24(3,4)5/h9-13H,7-8,14H2,1-6H3. The molecule has 0 spiro atoms. The molecule has 0 heterocycles. The van der Waals surface area contributed by atoms with Gasteiger partial charge in [0.25, 0.3) is 0 Å². The van der Waals surface area contributed by atoms with Crippen molar-refractivity contribution in [3.63, 3.8) is 0 Å². The normalized spacial score (nSPS) is 11.0. The molecule has 0 aliphatic rings. The van der Waals surface area contributed by atoms with Crippen LogP contribution in [0.4, 0.5) is 10.5 Å². The predicted molar refractivity (Wildman–Crippen MR) is 129 cm³/mol. The zero-order valence-electron chi connectivity index (χ0n) is 19.7. The number of anilines is 1. The molecule has 0 aliphatic carbocycles. The van der Waals surface area contributed by atoms with Gasteiger partial charge in [0.15, 0.2) is 5.75 Å². The van der Waals surface area contributed by atoms with Gasteiger partial charge in [-0.3, -0.25) is 9.69 Å². The zero-order valence-corrected chi connectivity index (χ0v) is 21.2. The molecule has 0 atom stereocenters. The summed E-state index contributed by atoms with van der Waals surface area (Å²) in [7, 11) is 1.61. The van der Waals surface area contributed by atoms with Crippen LogP contribution in [-0.2, 0) is 19.7 Å². The first-order valence-corrected chi connectivity index (χ1v) is 11.2. The molecule has 0 N–H and O–H groups in total. The molecule has 0 saturated carbocycles. The number of carbonyl (C=O) groups is 2. The summed E-state index contributed by atoms with van der Waals surface area (Å²) in [5.41, 5.74) is 1.04. The van der Waals surface area contributed by atoms with Crippen molar-refractivity contribution in [3.05, 3.63) is 45.9 Å². The van der Waals surface area contributed by atoms with E-state index in [1.165, 1.54) is 12.1 Å². The van der Waals surface area contributed by atoms with E-state index in [0.29, 0.717) is 5.75 Å². The highest BCUT2D eigenvalue weighted by molar-refractivity contribution is 6.37. The molecule has 0 unspecified atom stereocenters. The lowest BCUT2D eigenvalue weighted by molar-refractivity contribution is -0.141. The second-order valence-electron chi connectivity index (χ2n) is 8.04. The summed E-state index contributed by atoms with van der Waals surface area (Å²) in [5, 5.41) is 0.313. The smallest absolute Gasteiger partial charge is 0.414 e. The number of hydrogen-bond acceptors (Lipinski definition) is 6. The SMILES string of the molecule is CCOC(=O)CN(C(=O)OCC)c1cc(Cl)c(Oc2ccc(OC)c(C(C)(C)C)c2)c(Cl)c1. The monoisotopic (exact) mass is 497 g/mol. The predicted octanol–water partition coefficient (Wildman–Crippen LogP) is 6.62. The topological polar surface area (TPSA) is 74.3 Å². The van der Waals surface area contributed by atoms with Crippen LogP contribution in [0.3, 0.4) is 0 Å². The number of halogens is 2. The Hall–Kier alpha value is -2.64. The van der Waals surface area contributed by atoms with Gasteiger partial charge >= 0.3 is 12.1 Å². The van der Waals surface area contributed by atoms with Crippen molar-refractivity contribution in [2.75, 3.05) is 31.8 Å². The van der Waals surface area contributed by atoms with Gasteiger partial charge in [0.2, 0.25) is 0 Å². The number of carbonyl (C=O) groups excluding carboxylic acids is 2. The summed E-state index contributed by atoms with van der Waals surface area (Å²) in [6, 6.07) is 8.39. The molecule has 33 heavy (non-hydrogen) atoms. The van der Waals surface area contributed by atoms with Crippen LogP contribution in [0.1, 0.15) is 40.2 Å². The van der Waals surface area contributed by atoms with Gasteiger partial charge in [-0.25, -0.2) is 4.79 Å². The molecule has 0 aliphatic heterocycles. The number of ether oxygens (including phenoxy) is 4. The lowest BCUT2D eigenvalue weighted by Crippen LogP contribution is -2.37. The zero-order chi connectivity index (χ0) is 24.8. The van der Waals surface area contributed by atoms with Gasteiger partial charge in [-0.05, 0) is 49.6 Å². The molecule has 7 nitrogen and oxygen atoms in total. The summed E-state index contributed by atoms with van der Waals surface area (Å²) in [6.45, 7) is 9.50. The van der Waals surface area contributed by atoms with Crippen LogP contribution in [0.5, 0.6) is 17.2 Å². The van der Waals surface area contributed by atoms with Gasteiger partial charge in [0.05, 0.1) is 36.1 Å². The van der Waals surface area contributed by atoms with E-state index in [9.17, 15) is 9.59 Å². The third kappa shape index (κ3) is 6.92. The minimum atomic E-state index is -0.726. The molecular weight excluding hydrogens is 469 g/mol. The van der Waals surface area contributed by atoms with Gasteiger partial charge < -0.3 is 18.9 Å². The van der Waals surface area contributed by atoms with Crippen LogP contribution in [0.15, 0.2) is 30.3 Å². The first-order chi connectivity index (χ1) is 15.5. The van der Waals surface area contributed by atoms with E-state index in [0.717, 1.165) is 16.2 Å². The van der Waals surface area contributed by atoms with Crippen molar-refractivity contribution in [2.45, 2.75) is 40.0 Å². The molecule has 2 aromatic carbocycles. The Labute approximate surface area is 204 Å². The fourth-order valence-electron chi connectivity index (χ4n) is 3.05. The molecule has 2 rings (SSSR count). The van der Waals surface area contributed by atoms with E-state index in [1.54, 1.807) is 27.0 Å². The van der Waals surface area contributed by atoms with Crippen LogP contribution < -0.4 is 14.4 Å². The van der Waals surface area contributed by atoms with Crippen molar-refractivity contribution in [1.29, 1.82) is 0 Å². The van der Waals surface area contributed by atoms with Crippen molar-refractivity contribution < 1.29 is 28.5 Å². The number of esters is 1. The molecule has 0 saturated heterocycles. The fourth-order valence-corrected chi connectivity index (χ4v) is 3.61.